The molecule has 0 radical (unpaired) electrons. The Morgan fingerprint density at radius 2 is 2.58 bits per heavy atom. The van der Waals surface area contributed by atoms with E-state index in [1.165, 1.54) is 7.11 Å². The number of esters is 1. The number of aryl methyl sites for hydroxylation is 2. The van der Waals surface area contributed by atoms with Crippen molar-refractivity contribution in [1.29, 1.82) is 0 Å². The van der Waals surface area contributed by atoms with Crippen LogP contribution in [-0.2, 0) is 17.7 Å². The summed E-state index contributed by atoms with van der Waals surface area (Å²) in [6.07, 6.45) is 2.15. The van der Waals surface area contributed by atoms with Crippen LogP contribution in [0.25, 0.3) is 0 Å². The molecule has 64 valence electrons. The summed E-state index contributed by atoms with van der Waals surface area (Å²) in [5, 5.41) is 4.10. The Kier molecular flexibility index (Phi) is 1.60. The van der Waals surface area contributed by atoms with Gasteiger partial charge in [0.1, 0.15) is 0 Å². The van der Waals surface area contributed by atoms with Crippen LogP contribution in [0, 0.1) is 0 Å². The first-order chi connectivity index (χ1) is 5.81. The fraction of sp³-hybridized carbons (Fsp3) is 0.500. The Bertz CT molecular complexity index is 295. The third-order valence-electron chi connectivity index (χ3n) is 2.06. The molecule has 2 heterocycles. The first-order valence-corrected chi connectivity index (χ1v) is 3.96. The van der Waals surface area contributed by atoms with E-state index in [2.05, 4.69) is 9.84 Å². The topological polar surface area (TPSA) is 44.1 Å². The second kappa shape index (κ2) is 2.62. The molecule has 0 unspecified atom stereocenters. The molecule has 0 amide bonds. The highest BCUT2D eigenvalue weighted by molar-refractivity contribution is 5.87. The van der Waals surface area contributed by atoms with Crippen LogP contribution in [-0.4, -0.2) is 22.9 Å². The van der Waals surface area contributed by atoms with E-state index in [9.17, 15) is 4.79 Å². The van der Waals surface area contributed by atoms with Crippen molar-refractivity contribution >= 4 is 5.97 Å². The molecule has 1 aromatic rings. The third-order valence-corrected chi connectivity index (χ3v) is 2.06. The Morgan fingerprint density at radius 3 is 3.25 bits per heavy atom. The van der Waals surface area contributed by atoms with Gasteiger partial charge in [0, 0.05) is 12.2 Å². The zero-order valence-electron chi connectivity index (χ0n) is 6.91. The van der Waals surface area contributed by atoms with Crippen LogP contribution in [0.15, 0.2) is 6.07 Å². The minimum Gasteiger partial charge on any atom is -0.464 e. The minimum atomic E-state index is -0.350. The number of carbonyl (C=O) groups is 1. The molecular weight excluding hydrogens is 156 g/mol. The molecule has 1 aliphatic heterocycles. The smallest absolute Gasteiger partial charge is 0.358 e. The van der Waals surface area contributed by atoms with Crippen molar-refractivity contribution in [3.8, 4) is 0 Å². The summed E-state index contributed by atoms with van der Waals surface area (Å²) in [6, 6.07) is 1.80. The van der Waals surface area contributed by atoms with E-state index >= 15 is 0 Å². The predicted octanol–water partition coefficient (Wildman–Crippen LogP) is 0.616. The van der Waals surface area contributed by atoms with Gasteiger partial charge in [-0.1, -0.05) is 0 Å². The molecule has 0 aromatic carbocycles. The van der Waals surface area contributed by atoms with Crippen LogP contribution in [0.2, 0.25) is 0 Å². The van der Waals surface area contributed by atoms with Gasteiger partial charge >= 0.3 is 5.97 Å². The number of rotatable bonds is 1. The van der Waals surface area contributed by atoms with Gasteiger partial charge in [-0.3, -0.25) is 4.68 Å². The molecule has 0 fully saturated rings. The predicted molar refractivity (Wildman–Crippen MR) is 41.9 cm³/mol. The largest absolute Gasteiger partial charge is 0.464 e. The highest BCUT2D eigenvalue weighted by Gasteiger charge is 2.17. The molecular formula is C8H10N2O2. The van der Waals surface area contributed by atoms with E-state index in [-0.39, 0.29) is 5.97 Å². The van der Waals surface area contributed by atoms with Crippen LogP contribution in [0.1, 0.15) is 22.6 Å². The van der Waals surface area contributed by atoms with Crippen LogP contribution in [0.5, 0.6) is 0 Å². The summed E-state index contributed by atoms with van der Waals surface area (Å²) in [5.74, 6) is -0.350. The molecule has 0 spiro atoms. The van der Waals surface area contributed by atoms with Gasteiger partial charge in [0.25, 0.3) is 0 Å². The van der Waals surface area contributed by atoms with E-state index < -0.39 is 0 Å². The number of carbonyl (C=O) groups excluding carboxylic acids is 1. The van der Waals surface area contributed by atoms with Crippen molar-refractivity contribution in [2.45, 2.75) is 19.4 Å². The number of hydrogen-bond acceptors (Lipinski definition) is 3. The molecule has 0 N–H and O–H groups in total. The van der Waals surface area contributed by atoms with Crippen molar-refractivity contribution in [3.63, 3.8) is 0 Å². The molecule has 0 aliphatic carbocycles. The van der Waals surface area contributed by atoms with E-state index in [0.29, 0.717) is 5.69 Å². The zero-order valence-corrected chi connectivity index (χ0v) is 6.91. The van der Waals surface area contributed by atoms with Crippen molar-refractivity contribution in [2.24, 2.45) is 0 Å². The van der Waals surface area contributed by atoms with Gasteiger partial charge in [-0.2, -0.15) is 5.10 Å². The van der Waals surface area contributed by atoms with E-state index in [1.54, 1.807) is 6.07 Å². The molecule has 4 nitrogen and oxygen atoms in total. The van der Waals surface area contributed by atoms with Gasteiger partial charge < -0.3 is 4.74 Å². The SMILES string of the molecule is COC(=O)c1cc2n(n1)CCC2. The summed E-state index contributed by atoms with van der Waals surface area (Å²) in [7, 11) is 1.37. The lowest BCUT2D eigenvalue weighted by atomic mass is 10.3. The van der Waals surface area contributed by atoms with Crippen LogP contribution < -0.4 is 0 Å². The van der Waals surface area contributed by atoms with Gasteiger partial charge in [-0.25, -0.2) is 4.79 Å². The standard InChI is InChI=1S/C8H10N2O2/c1-12-8(11)7-5-6-3-2-4-10(6)9-7/h5H,2-4H2,1H3. The van der Waals surface area contributed by atoms with E-state index in [0.717, 1.165) is 25.1 Å². The van der Waals surface area contributed by atoms with Crippen molar-refractivity contribution in [3.05, 3.63) is 17.5 Å². The Morgan fingerprint density at radius 1 is 1.75 bits per heavy atom. The number of ether oxygens (including phenoxy) is 1. The Hall–Kier alpha value is -1.32. The molecule has 12 heavy (non-hydrogen) atoms. The highest BCUT2D eigenvalue weighted by Crippen LogP contribution is 2.15. The van der Waals surface area contributed by atoms with Crippen LogP contribution in [0.4, 0.5) is 0 Å². The second-order valence-corrected chi connectivity index (χ2v) is 2.84. The molecule has 0 saturated carbocycles. The van der Waals surface area contributed by atoms with Gasteiger partial charge in [0.15, 0.2) is 5.69 Å². The number of aromatic nitrogens is 2. The minimum absolute atomic E-state index is 0.350. The van der Waals surface area contributed by atoms with Crippen molar-refractivity contribution in [2.75, 3.05) is 7.11 Å². The Balaban J connectivity index is 2.31. The van der Waals surface area contributed by atoms with Gasteiger partial charge in [0.2, 0.25) is 0 Å². The summed E-state index contributed by atoms with van der Waals surface area (Å²) < 4.78 is 6.43. The molecule has 0 saturated heterocycles. The number of methoxy groups -OCH3 is 1. The maximum Gasteiger partial charge on any atom is 0.358 e. The van der Waals surface area contributed by atoms with E-state index in [4.69, 9.17) is 0 Å². The first-order valence-electron chi connectivity index (χ1n) is 3.96. The first kappa shape index (κ1) is 7.34. The van der Waals surface area contributed by atoms with Crippen LogP contribution >= 0.6 is 0 Å². The summed E-state index contributed by atoms with van der Waals surface area (Å²) in [6.45, 7) is 0.923. The fourth-order valence-electron chi connectivity index (χ4n) is 1.46. The molecule has 1 aromatic heterocycles. The number of hydrogen-bond donors (Lipinski definition) is 0. The van der Waals surface area contributed by atoms with Crippen molar-refractivity contribution in [1.82, 2.24) is 9.78 Å². The van der Waals surface area contributed by atoms with Gasteiger partial charge in [-0.15, -0.1) is 0 Å². The third kappa shape index (κ3) is 0.995. The zero-order chi connectivity index (χ0) is 8.55. The Labute approximate surface area is 70.1 Å². The maximum absolute atomic E-state index is 11.0. The summed E-state index contributed by atoms with van der Waals surface area (Å²) >= 11 is 0. The molecule has 0 atom stereocenters. The number of nitrogens with zero attached hydrogens (tertiary/aromatic N) is 2. The highest BCUT2D eigenvalue weighted by atomic mass is 16.5. The molecule has 1 aliphatic rings. The lowest BCUT2D eigenvalue weighted by Crippen LogP contribution is -2.04. The molecule has 2 rings (SSSR count). The van der Waals surface area contributed by atoms with Crippen LogP contribution in [0.3, 0.4) is 0 Å². The van der Waals surface area contributed by atoms with Crippen molar-refractivity contribution < 1.29 is 9.53 Å². The quantitative estimate of drug-likeness (QED) is 0.574. The summed E-state index contributed by atoms with van der Waals surface area (Å²) in [4.78, 5) is 11.0. The average Bonchev–Trinajstić information content (AvgIpc) is 2.60. The average molecular weight is 166 g/mol. The monoisotopic (exact) mass is 166 g/mol. The van der Waals surface area contributed by atoms with E-state index in [1.807, 2.05) is 4.68 Å². The van der Waals surface area contributed by atoms with Gasteiger partial charge in [0.05, 0.1) is 7.11 Å². The molecule has 4 heteroatoms. The van der Waals surface area contributed by atoms with Gasteiger partial charge in [-0.05, 0) is 18.9 Å². The number of fused-ring (bicyclic) bond motifs is 1. The normalized spacial score (nSPS) is 14.4. The fourth-order valence-corrected chi connectivity index (χ4v) is 1.46. The second-order valence-electron chi connectivity index (χ2n) is 2.84. The molecule has 0 bridgehead atoms. The summed E-state index contributed by atoms with van der Waals surface area (Å²) in [5.41, 5.74) is 1.56. The lowest BCUT2D eigenvalue weighted by Gasteiger charge is -1.93. The maximum atomic E-state index is 11.0. The lowest BCUT2D eigenvalue weighted by molar-refractivity contribution is 0.0593.